The van der Waals surface area contributed by atoms with E-state index in [1.807, 2.05) is 6.92 Å². The smallest absolute Gasteiger partial charge is 0.244 e. The Labute approximate surface area is 348 Å². The predicted molar refractivity (Wildman–Crippen MR) is 224 cm³/mol. The Hall–Kier alpha value is -4.52. The van der Waals surface area contributed by atoms with Crippen LogP contribution in [0, 0.1) is 0 Å². The van der Waals surface area contributed by atoms with Crippen molar-refractivity contribution >= 4 is 78.2 Å². The van der Waals surface area contributed by atoms with Gasteiger partial charge in [0.05, 0.1) is 19.1 Å². The summed E-state index contributed by atoms with van der Waals surface area (Å²) in [5.41, 5.74) is 12.6. The summed E-state index contributed by atoms with van der Waals surface area (Å²) in [6, 6.07) is 6.71. The molecule has 0 aliphatic carbocycles. The molecule has 0 spiro atoms. The van der Waals surface area contributed by atoms with Crippen LogP contribution < -0.4 is 43.4 Å². The first kappa shape index (κ1) is 48.6. The van der Waals surface area contributed by atoms with Crippen LogP contribution in [-0.2, 0) is 46.4 Å². The number of thiol groups is 2. The predicted octanol–water partition coefficient (Wildman–Crippen LogP) is 0.422. The normalized spacial score (nSPS) is 14.1. The van der Waals surface area contributed by atoms with Crippen LogP contribution >= 0.6 is 36.9 Å². The molecule has 0 aromatic heterocycles. The van der Waals surface area contributed by atoms with Gasteiger partial charge in [0.1, 0.15) is 29.9 Å². The molecule has 0 saturated carbocycles. The van der Waals surface area contributed by atoms with Gasteiger partial charge in [0, 0.05) is 20.9 Å². The fraction of sp³-hybridized carbons (Fsp3) is 0.500. The van der Waals surface area contributed by atoms with Gasteiger partial charge in [-0.05, 0) is 75.9 Å². The summed E-state index contributed by atoms with van der Waals surface area (Å²) in [6.45, 7) is 7.20. The monoisotopic (exact) mass is 850 g/mol. The molecule has 19 heteroatoms. The van der Waals surface area contributed by atoms with Crippen LogP contribution in [0.3, 0.4) is 0 Å². The van der Waals surface area contributed by atoms with Crippen molar-refractivity contribution in [3.63, 3.8) is 0 Å². The largest absolute Gasteiger partial charge is 0.508 e. The highest BCUT2D eigenvalue weighted by molar-refractivity contribution is 7.82. The number of halogens is 1. The maximum Gasteiger partial charge on any atom is 0.244 e. The molecule has 2 aromatic carbocycles. The van der Waals surface area contributed by atoms with Crippen molar-refractivity contribution in [1.82, 2.24) is 31.9 Å². The van der Waals surface area contributed by atoms with E-state index in [0.717, 1.165) is 0 Å². The molecule has 2 aromatic rings. The third-order valence-corrected chi connectivity index (χ3v) is 9.35. The summed E-state index contributed by atoms with van der Waals surface area (Å²) < 4.78 is -2.30. The molecule has 0 aliphatic heterocycles. The Bertz CT molecular complexity index is 1720. The average molecular weight is 851 g/mol. The second-order valence-corrected chi connectivity index (χ2v) is 17.5. The lowest BCUT2D eigenvalue weighted by molar-refractivity contribution is -0.134. The molecule has 0 heterocycles. The van der Waals surface area contributed by atoms with Crippen LogP contribution in [-0.4, -0.2) is 99.2 Å². The molecule has 0 saturated heterocycles. The standard InChI is InChI=1S/C38H55ClN8O8S2/c1-6-7-8-26(33(52)42-19-28(41)49)45-36(55)31(38(4,5)57)47-34(53)27(18-22-9-13-23(39)14-10-22)44-29(50)20-43-35(54)30(37(2,3)56)46-32(51)25(40)17-21-11-15-24(48)16-12-21/h9-16,25-27,30-31,48,56-57H,6-8,17-20,40H2,1-5H3,(H2,41,49)(H,42,52)(H,43,54)(H,44,50)(H,45,55)(H,46,51)(H,47,53)/t25-,26-,27-,30-,31+/m0/s1. The summed E-state index contributed by atoms with van der Waals surface area (Å²) in [4.78, 5) is 91.4. The van der Waals surface area contributed by atoms with Crippen LogP contribution in [0.2, 0.25) is 5.02 Å². The van der Waals surface area contributed by atoms with E-state index in [9.17, 15) is 38.7 Å². The number of nitrogens with two attached hydrogens (primary N) is 2. The molecule has 314 valence electrons. The van der Waals surface area contributed by atoms with E-state index in [1.54, 1.807) is 64.1 Å². The van der Waals surface area contributed by atoms with Gasteiger partial charge in [-0.15, -0.1) is 0 Å². The molecule has 2 rings (SSSR count). The van der Waals surface area contributed by atoms with E-state index in [2.05, 4.69) is 57.2 Å². The fourth-order valence-corrected chi connectivity index (χ4v) is 5.90. The highest BCUT2D eigenvalue weighted by Crippen LogP contribution is 2.20. The van der Waals surface area contributed by atoms with Crippen LogP contribution in [0.1, 0.15) is 65.0 Å². The Morgan fingerprint density at radius 1 is 0.684 bits per heavy atom. The van der Waals surface area contributed by atoms with E-state index in [0.29, 0.717) is 29.0 Å². The van der Waals surface area contributed by atoms with Crippen LogP contribution in [0.15, 0.2) is 48.5 Å². The van der Waals surface area contributed by atoms with Gasteiger partial charge in [-0.3, -0.25) is 33.6 Å². The molecule has 5 atom stereocenters. The van der Waals surface area contributed by atoms with Crippen molar-refractivity contribution in [3.8, 4) is 5.75 Å². The number of carbonyl (C=O) groups is 7. The number of benzene rings is 2. The van der Waals surface area contributed by atoms with Crippen LogP contribution in [0.25, 0.3) is 0 Å². The zero-order valence-corrected chi connectivity index (χ0v) is 35.2. The first-order valence-electron chi connectivity index (χ1n) is 18.3. The SMILES string of the molecule is CCCC[C@H](NC(=O)[C@@H](NC(=O)[C@H](Cc1ccc(Cl)cc1)NC(=O)CNC(=O)[C@H](NC(=O)[C@@H](N)Cc1ccc(O)cc1)C(C)(C)S)C(C)(C)S)C(=O)NCC(N)=O. The molecule has 0 fully saturated rings. The van der Waals surface area contributed by atoms with Crippen molar-refractivity contribution in [2.45, 2.75) is 106 Å². The lowest BCUT2D eigenvalue weighted by atomic mass is 9.99. The minimum atomic E-state index is -1.33. The van der Waals surface area contributed by atoms with Gasteiger partial charge in [-0.25, -0.2) is 0 Å². The number of aromatic hydroxyl groups is 1. The molecular formula is C38H55ClN8O8S2. The van der Waals surface area contributed by atoms with Gasteiger partial charge in [0.15, 0.2) is 0 Å². The Morgan fingerprint density at radius 2 is 1.19 bits per heavy atom. The summed E-state index contributed by atoms with van der Waals surface area (Å²) in [6.07, 6.45) is 1.57. The molecule has 0 radical (unpaired) electrons. The number of rotatable bonds is 22. The van der Waals surface area contributed by atoms with E-state index in [4.69, 9.17) is 23.1 Å². The number of hydrogen-bond acceptors (Lipinski definition) is 11. The molecule has 7 amide bonds. The summed E-state index contributed by atoms with van der Waals surface area (Å²) in [5.74, 6) is -5.04. The number of nitrogens with one attached hydrogen (secondary N) is 6. The maximum absolute atomic E-state index is 13.9. The lowest BCUT2D eigenvalue weighted by Gasteiger charge is -2.32. The highest BCUT2D eigenvalue weighted by Gasteiger charge is 2.38. The number of phenolic OH excluding ortho intramolecular Hbond substituents is 1. The highest BCUT2D eigenvalue weighted by atomic mass is 35.5. The van der Waals surface area contributed by atoms with Gasteiger partial charge in [0.2, 0.25) is 41.4 Å². The number of hydrogen-bond donors (Lipinski definition) is 11. The average Bonchev–Trinajstić information content (AvgIpc) is 3.12. The molecule has 11 N–H and O–H groups in total. The first-order valence-corrected chi connectivity index (χ1v) is 19.6. The zero-order chi connectivity index (χ0) is 43.1. The number of primary amides is 1. The van der Waals surface area contributed by atoms with E-state index in [1.165, 1.54) is 12.1 Å². The summed E-state index contributed by atoms with van der Waals surface area (Å²) >= 11 is 15.1. The fourth-order valence-electron chi connectivity index (χ4n) is 5.41. The van der Waals surface area contributed by atoms with Gasteiger partial charge in [-0.1, -0.05) is 55.6 Å². The minimum Gasteiger partial charge on any atom is -0.508 e. The lowest BCUT2D eigenvalue weighted by Crippen LogP contribution is -2.62. The first-order chi connectivity index (χ1) is 26.5. The molecule has 0 aliphatic rings. The van der Waals surface area contributed by atoms with Crippen LogP contribution in [0.5, 0.6) is 5.75 Å². The van der Waals surface area contributed by atoms with Gasteiger partial charge < -0.3 is 48.5 Å². The summed E-state index contributed by atoms with van der Waals surface area (Å²) in [7, 11) is 0. The second-order valence-electron chi connectivity index (χ2n) is 14.7. The minimum absolute atomic E-state index is 0.0542. The van der Waals surface area contributed by atoms with Crippen LogP contribution in [0.4, 0.5) is 0 Å². The zero-order valence-electron chi connectivity index (χ0n) is 32.7. The maximum atomic E-state index is 13.9. The number of carbonyl (C=O) groups excluding carboxylic acids is 7. The molecule has 0 unspecified atom stereocenters. The van der Waals surface area contributed by atoms with Crippen molar-refractivity contribution in [1.29, 1.82) is 0 Å². The molecule has 16 nitrogen and oxygen atoms in total. The van der Waals surface area contributed by atoms with Gasteiger partial charge in [-0.2, -0.15) is 25.3 Å². The molecular weight excluding hydrogens is 796 g/mol. The second kappa shape index (κ2) is 22.4. The van der Waals surface area contributed by atoms with Gasteiger partial charge in [0.25, 0.3) is 0 Å². The van der Waals surface area contributed by atoms with E-state index < -0.39 is 94.1 Å². The van der Waals surface area contributed by atoms with Crippen molar-refractivity contribution < 1.29 is 38.7 Å². The topological polar surface area (TPSA) is 264 Å². The quantitative estimate of drug-likeness (QED) is 0.0733. The number of unbranched alkanes of at least 4 members (excludes halogenated alkanes) is 1. The van der Waals surface area contributed by atoms with Crippen molar-refractivity contribution in [3.05, 3.63) is 64.7 Å². The Morgan fingerprint density at radius 3 is 1.74 bits per heavy atom. The Kier molecular flexibility index (Phi) is 19.1. The number of phenols is 1. The Balaban J connectivity index is 2.24. The summed E-state index contributed by atoms with van der Waals surface area (Å²) in [5, 5.41) is 25.3. The van der Waals surface area contributed by atoms with Gasteiger partial charge >= 0.3 is 0 Å². The van der Waals surface area contributed by atoms with Crippen molar-refractivity contribution in [2.75, 3.05) is 13.1 Å². The third kappa shape index (κ3) is 17.2. The number of amides is 7. The third-order valence-electron chi connectivity index (χ3n) is 8.58. The van der Waals surface area contributed by atoms with E-state index >= 15 is 0 Å². The van der Waals surface area contributed by atoms with Crippen molar-refractivity contribution in [2.24, 2.45) is 11.5 Å². The van der Waals surface area contributed by atoms with E-state index in [-0.39, 0.29) is 25.0 Å². The molecule has 0 bridgehead atoms. The molecule has 57 heavy (non-hydrogen) atoms.